The normalized spacial score (nSPS) is 10.6. The summed E-state index contributed by atoms with van der Waals surface area (Å²) in [5.74, 6) is 2.32. The molecule has 0 heterocycles. The van der Waals surface area contributed by atoms with E-state index in [1.807, 2.05) is 42.5 Å². The number of hydrogen-bond donors (Lipinski definition) is 1. The highest BCUT2D eigenvalue weighted by Crippen LogP contribution is 2.25. The first-order valence-corrected chi connectivity index (χ1v) is 7.91. The Balaban J connectivity index is 1.58. The molecule has 0 atom stereocenters. The zero-order valence-corrected chi connectivity index (χ0v) is 13.7. The first-order chi connectivity index (χ1) is 11.8. The predicted octanol–water partition coefficient (Wildman–Crippen LogP) is 3.76. The Hall–Kier alpha value is -2.72. The van der Waals surface area contributed by atoms with Gasteiger partial charge in [-0.15, -0.1) is 0 Å². The van der Waals surface area contributed by atoms with Gasteiger partial charge in [-0.05, 0) is 29.0 Å². The van der Waals surface area contributed by atoms with E-state index in [1.165, 1.54) is 5.39 Å². The summed E-state index contributed by atoms with van der Waals surface area (Å²) in [7, 11) is 1.63. The third-order valence-electron chi connectivity index (χ3n) is 3.82. The minimum absolute atomic E-state index is 0.421. The molecule has 0 spiro atoms. The highest BCUT2D eigenvalue weighted by Gasteiger charge is 2.05. The third kappa shape index (κ3) is 3.78. The van der Waals surface area contributed by atoms with Crippen LogP contribution in [0.1, 0.15) is 5.56 Å². The fourth-order valence-corrected chi connectivity index (χ4v) is 2.53. The Morgan fingerprint density at radius 2 is 1.54 bits per heavy atom. The first-order valence-electron chi connectivity index (χ1n) is 7.91. The number of methoxy groups -OCH3 is 1. The fraction of sp³-hybridized carbons (Fsp3) is 0.200. The number of hydrogen-bond acceptors (Lipinski definition) is 4. The van der Waals surface area contributed by atoms with Crippen molar-refractivity contribution in [2.45, 2.75) is 6.54 Å². The molecule has 0 bridgehead atoms. The Morgan fingerprint density at radius 1 is 0.792 bits per heavy atom. The number of ether oxygens (including phenoxy) is 3. The molecule has 3 aromatic carbocycles. The third-order valence-corrected chi connectivity index (χ3v) is 3.82. The molecule has 4 heteroatoms. The van der Waals surface area contributed by atoms with Crippen LogP contribution >= 0.6 is 0 Å². The first kappa shape index (κ1) is 16.1. The summed E-state index contributed by atoms with van der Waals surface area (Å²) in [4.78, 5) is 0. The maximum atomic E-state index is 5.79. The zero-order valence-electron chi connectivity index (χ0n) is 13.7. The van der Waals surface area contributed by atoms with Gasteiger partial charge in [-0.3, -0.25) is 0 Å². The summed E-state index contributed by atoms with van der Waals surface area (Å²) in [6.07, 6.45) is 0. The largest absolute Gasteiger partial charge is 0.497 e. The second-order valence-corrected chi connectivity index (χ2v) is 5.38. The van der Waals surface area contributed by atoms with Crippen LogP contribution in [0.25, 0.3) is 10.8 Å². The minimum atomic E-state index is 0.421. The SMILES string of the molecule is COc1ccc(CN)c(OCCOc2ccc3ccccc3c2)c1. The molecule has 0 unspecified atom stereocenters. The molecule has 0 aromatic heterocycles. The van der Waals surface area contributed by atoms with Gasteiger partial charge in [0.25, 0.3) is 0 Å². The van der Waals surface area contributed by atoms with Crippen molar-refractivity contribution in [2.75, 3.05) is 20.3 Å². The van der Waals surface area contributed by atoms with E-state index in [-0.39, 0.29) is 0 Å². The zero-order chi connectivity index (χ0) is 16.8. The lowest BCUT2D eigenvalue weighted by Gasteiger charge is -2.13. The molecular formula is C20H21NO3. The lowest BCUT2D eigenvalue weighted by molar-refractivity contribution is 0.215. The summed E-state index contributed by atoms with van der Waals surface area (Å²) < 4.78 is 16.8. The van der Waals surface area contributed by atoms with E-state index in [0.717, 1.165) is 28.2 Å². The second kappa shape index (κ2) is 7.70. The van der Waals surface area contributed by atoms with E-state index in [4.69, 9.17) is 19.9 Å². The van der Waals surface area contributed by atoms with Crippen LogP contribution in [0.5, 0.6) is 17.2 Å². The molecule has 0 aliphatic carbocycles. The van der Waals surface area contributed by atoms with E-state index in [0.29, 0.717) is 19.8 Å². The average molecular weight is 323 g/mol. The minimum Gasteiger partial charge on any atom is -0.497 e. The van der Waals surface area contributed by atoms with Gasteiger partial charge in [0.2, 0.25) is 0 Å². The van der Waals surface area contributed by atoms with Crippen LogP contribution in [0.15, 0.2) is 60.7 Å². The van der Waals surface area contributed by atoms with Crippen LogP contribution in [-0.2, 0) is 6.54 Å². The van der Waals surface area contributed by atoms with Crippen molar-refractivity contribution in [3.05, 3.63) is 66.2 Å². The molecule has 0 saturated carbocycles. The van der Waals surface area contributed by atoms with Gasteiger partial charge >= 0.3 is 0 Å². The van der Waals surface area contributed by atoms with Crippen molar-refractivity contribution < 1.29 is 14.2 Å². The monoisotopic (exact) mass is 323 g/mol. The molecule has 0 saturated heterocycles. The fourth-order valence-electron chi connectivity index (χ4n) is 2.53. The Morgan fingerprint density at radius 3 is 2.33 bits per heavy atom. The Labute approximate surface area is 141 Å². The average Bonchev–Trinajstić information content (AvgIpc) is 2.65. The van der Waals surface area contributed by atoms with Gasteiger partial charge in [0.1, 0.15) is 30.5 Å². The Bertz CT molecular complexity index is 817. The van der Waals surface area contributed by atoms with Gasteiger partial charge in [-0.25, -0.2) is 0 Å². The maximum Gasteiger partial charge on any atom is 0.127 e. The molecule has 2 N–H and O–H groups in total. The highest BCUT2D eigenvalue weighted by atomic mass is 16.5. The van der Waals surface area contributed by atoms with E-state index in [1.54, 1.807) is 7.11 Å². The van der Waals surface area contributed by atoms with Gasteiger partial charge in [0.15, 0.2) is 0 Å². The van der Waals surface area contributed by atoms with Crippen LogP contribution in [0, 0.1) is 0 Å². The number of fused-ring (bicyclic) bond motifs is 1. The van der Waals surface area contributed by atoms with Gasteiger partial charge in [-0.1, -0.05) is 36.4 Å². The molecule has 0 fully saturated rings. The molecule has 124 valence electrons. The number of benzene rings is 3. The van der Waals surface area contributed by atoms with Gasteiger partial charge in [0, 0.05) is 18.2 Å². The van der Waals surface area contributed by atoms with Crippen molar-refractivity contribution in [1.29, 1.82) is 0 Å². The topological polar surface area (TPSA) is 53.7 Å². The Kier molecular flexibility index (Phi) is 5.18. The summed E-state index contributed by atoms with van der Waals surface area (Å²) in [6.45, 7) is 1.32. The summed E-state index contributed by atoms with van der Waals surface area (Å²) in [5, 5.41) is 2.36. The molecule has 3 rings (SSSR count). The maximum absolute atomic E-state index is 5.79. The van der Waals surface area contributed by atoms with Gasteiger partial charge in [-0.2, -0.15) is 0 Å². The molecule has 3 aromatic rings. The van der Waals surface area contributed by atoms with Crippen molar-refractivity contribution in [2.24, 2.45) is 5.73 Å². The van der Waals surface area contributed by atoms with Crippen LogP contribution in [0.4, 0.5) is 0 Å². The van der Waals surface area contributed by atoms with Crippen molar-refractivity contribution in [3.8, 4) is 17.2 Å². The van der Waals surface area contributed by atoms with E-state index < -0.39 is 0 Å². The predicted molar refractivity (Wildman–Crippen MR) is 95.8 cm³/mol. The van der Waals surface area contributed by atoms with Crippen molar-refractivity contribution in [3.63, 3.8) is 0 Å². The van der Waals surface area contributed by atoms with Gasteiger partial charge in [0.05, 0.1) is 7.11 Å². The highest BCUT2D eigenvalue weighted by molar-refractivity contribution is 5.83. The van der Waals surface area contributed by atoms with Crippen LogP contribution < -0.4 is 19.9 Å². The van der Waals surface area contributed by atoms with E-state index >= 15 is 0 Å². The van der Waals surface area contributed by atoms with Crippen molar-refractivity contribution >= 4 is 10.8 Å². The summed E-state index contributed by atoms with van der Waals surface area (Å²) in [5.41, 5.74) is 6.68. The molecule has 0 aliphatic rings. The number of rotatable bonds is 7. The van der Waals surface area contributed by atoms with Crippen LogP contribution in [0.2, 0.25) is 0 Å². The van der Waals surface area contributed by atoms with Crippen molar-refractivity contribution in [1.82, 2.24) is 0 Å². The quantitative estimate of drug-likeness (QED) is 0.673. The molecule has 0 radical (unpaired) electrons. The molecular weight excluding hydrogens is 302 g/mol. The lowest BCUT2D eigenvalue weighted by Crippen LogP contribution is -2.11. The van der Waals surface area contributed by atoms with E-state index in [9.17, 15) is 0 Å². The molecule has 0 aliphatic heterocycles. The molecule has 0 amide bonds. The standard InChI is InChI=1S/C20H21NO3/c1-22-18-8-7-17(14-21)20(13-18)24-11-10-23-19-9-6-15-4-2-3-5-16(15)12-19/h2-9,12-13H,10-11,14,21H2,1H3. The summed E-state index contributed by atoms with van der Waals surface area (Å²) >= 11 is 0. The van der Waals surface area contributed by atoms with Crippen LogP contribution in [0.3, 0.4) is 0 Å². The van der Waals surface area contributed by atoms with E-state index in [2.05, 4.69) is 18.2 Å². The smallest absolute Gasteiger partial charge is 0.127 e. The second-order valence-electron chi connectivity index (χ2n) is 5.38. The lowest BCUT2D eigenvalue weighted by atomic mass is 10.1. The van der Waals surface area contributed by atoms with Crippen LogP contribution in [-0.4, -0.2) is 20.3 Å². The van der Waals surface area contributed by atoms with Gasteiger partial charge < -0.3 is 19.9 Å². The summed E-state index contributed by atoms with van der Waals surface area (Å²) in [6, 6.07) is 19.9. The molecule has 4 nitrogen and oxygen atoms in total. The number of nitrogens with two attached hydrogens (primary N) is 1. The molecule has 24 heavy (non-hydrogen) atoms.